The first-order valence-corrected chi connectivity index (χ1v) is 5.39. The Morgan fingerprint density at radius 3 is 2.21 bits per heavy atom. The van der Waals surface area contributed by atoms with E-state index in [4.69, 9.17) is 0 Å². The van der Waals surface area contributed by atoms with Gasteiger partial charge in [-0.25, -0.2) is 8.78 Å². The van der Waals surface area contributed by atoms with E-state index in [1.165, 1.54) is 0 Å². The molecule has 0 bridgehead atoms. The van der Waals surface area contributed by atoms with Crippen LogP contribution in [0.3, 0.4) is 0 Å². The predicted molar refractivity (Wildman–Crippen MR) is 49.3 cm³/mol. The highest BCUT2D eigenvalue weighted by atomic mass is 19.3. The summed E-state index contributed by atoms with van der Waals surface area (Å²) in [6.45, 7) is 0. The summed E-state index contributed by atoms with van der Waals surface area (Å²) in [5.74, 6) is -2.35. The second-order valence-electron chi connectivity index (χ2n) is 5.02. The molecule has 0 unspecified atom stereocenters. The molecule has 0 aromatic heterocycles. The van der Waals surface area contributed by atoms with Crippen LogP contribution in [0.15, 0.2) is 0 Å². The van der Waals surface area contributed by atoms with Gasteiger partial charge in [0.15, 0.2) is 0 Å². The molecule has 0 aromatic rings. The Labute approximate surface area is 82.9 Å². The van der Waals surface area contributed by atoms with Crippen LogP contribution in [-0.4, -0.2) is 12.2 Å². The lowest BCUT2D eigenvalue weighted by atomic mass is 9.70. The van der Waals surface area contributed by atoms with Gasteiger partial charge in [0, 0.05) is 18.3 Å². The van der Waals surface area contributed by atoms with Gasteiger partial charge in [0.1, 0.15) is 6.29 Å². The maximum atomic E-state index is 12.6. The molecular weight excluding hydrogens is 186 g/mol. The lowest BCUT2D eigenvalue weighted by Gasteiger charge is -2.39. The van der Waals surface area contributed by atoms with Crippen LogP contribution in [0, 0.1) is 11.3 Å². The largest absolute Gasteiger partial charge is 0.303 e. The molecule has 0 N–H and O–H groups in total. The maximum Gasteiger partial charge on any atom is 0.248 e. The fourth-order valence-electron chi connectivity index (χ4n) is 2.95. The Morgan fingerprint density at radius 1 is 1.21 bits per heavy atom. The molecule has 0 spiro atoms. The normalized spacial score (nSPS) is 29.9. The molecule has 2 fully saturated rings. The number of carbonyl (C=O) groups is 1. The summed E-state index contributed by atoms with van der Waals surface area (Å²) in [5.41, 5.74) is -0.235. The molecule has 0 aliphatic heterocycles. The molecule has 14 heavy (non-hydrogen) atoms. The second kappa shape index (κ2) is 3.28. The Bertz CT molecular complexity index is 223. The lowest BCUT2D eigenvalue weighted by Crippen LogP contribution is -2.38. The van der Waals surface area contributed by atoms with Crippen LogP contribution < -0.4 is 0 Å². The van der Waals surface area contributed by atoms with E-state index in [0.717, 1.165) is 32.0 Å². The standard InChI is InChI=1S/C11H16F2O/c12-11(13)6-9(7-11)5-10(8-14)3-1-2-4-10/h8-9H,1-7H2. The van der Waals surface area contributed by atoms with Gasteiger partial charge in [0.25, 0.3) is 0 Å². The first kappa shape index (κ1) is 10.1. The quantitative estimate of drug-likeness (QED) is 0.642. The molecule has 0 atom stereocenters. The van der Waals surface area contributed by atoms with E-state index in [0.29, 0.717) is 6.42 Å². The third kappa shape index (κ3) is 1.82. The van der Waals surface area contributed by atoms with E-state index in [-0.39, 0.29) is 24.2 Å². The Hall–Kier alpha value is -0.470. The van der Waals surface area contributed by atoms with Gasteiger partial charge in [-0.2, -0.15) is 0 Å². The summed E-state index contributed by atoms with van der Waals surface area (Å²) in [7, 11) is 0. The van der Waals surface area contributed by atoms with Gasteiger partial charge in [0.05, 0.1) is 0 Å². The smallest absolute Gasteiger partial charge is 0.248 e. The van der Waals surface area contributed by atoms with Crippen molar-refractivity contribution >= 4 is 6.29 Å². The maximum absolute atomic E-state index is 12.6. The molecule has 80 valence electrons. The Balaban J connectivity index is 1.87. The van der Waals surface area contributed by atoms with Gasteiger partial charge < -0.3 is 4.79 Å². The molecule has 0 amide bonds. The zero-order chi connectivity index (χ0) is 10.2. The average Bonchev–Trinajstić information content (AvgIpc) is 2.51. The third-order valence-electron chi connectivity index (χ3n) is 3.72. The van der Waals surface area contributed by atoms with Crippen molar-refractivity contribution in [2.75, 3.05) is 0 Å². The predicted octanol–water partition coefficient (Wildman–Crippen LogP) is 3.18. The van der Waals surface area contributed by atoms with Crippen molar-refractivity contribution in [3.8, 4) is 0 Å². The van der Waals surface area contributed by atoms with Crippen LogP contribution in [0.25, 0.3) is 0 Å². The molecule has 0 aromatic carbocycles. The molecule has 0 radical (unpaired) electrons. The SMILES string of the molecule is O=CC1(CC2CC(F)(F)C2)CCCC1. The van der Waals surface area contributed by atoms with Crippen LogP contribution in [0.5, 0.6) is 0 Å². The minimum atomic E-state index is -2.44. The van der Waals surface area contributed by atoms with Crippen molar-refractivity contribution in [1.29, 1.82) is 0 Å². The van der Waals surface area contributed by atoms with Crippen LogP contribution >= 0.6 is 0 Å². The zero-order valence-electron chi connectivity index (χ0n) is 8.27. The Morgan fingerprint density at radius 2 is 1.79 bits per heavy atom. The summed E-state index contributed by atoms with van der Waals surface area (Å²) in [5, 5.41) is 0. The van der Waals surface area contributed by atoms with Crippen molar-refractivity contribution < 1.29 is 13.6 Å². The van der Waals surface area contributed by atoms with Gasteiger partial charge in [-0.3, -0.25) is 0 Å². The van der Waals surface area contributed by atoms with E-state index in [1.807, 2.05) is 0 Å². The monoisotopic (exact) mass is 202 g/mol. The van der Waals surface area contributed by atoms with Gasteiger partial charge >= 0.3 is 0 Å². The number of rotatable bonds is 3. The Kier molecular flexibility index (Phi) is 2.36. The van der Waals surface area contributed by atoms with Crippen molar-refractivity contribution in [3.05, 3.63) is 0 Å². The molecule has 1 nitrogen and oxygen atoms in total. The van der Waals surface area contributed by atoms with E-state index in [1.54, 1.807) is 0 Å². The molecule has 2 saturated carbocycles. The highest BCUT2D eigenvalue weighted by molar-refractivity contribution is 5.59. The number of carbonyl (C=O) groups excluding carboxylic acids is 1. The second-order valence-corrected chi connectivity index (χ2v) is 5.02. The van der Waals surface area contributed by atoms with Gasteiger partial charge in [-0.15, -0.1) is 0 Å². The van der Waals surface area contributed by atoms with Crippen molar-refractivity contribution in [2.24, 2.45) is 11.3 Å². The van der Waals surface area contributed by atoms with Crippen molar-refractivity contribution in [1.82, 2.24) is 0 Å². The summed E-state index contributed by atoms with van der Waals surface area (Å²) < 4.78 is 25.2. The molecule has 0 saturated heterocycles. The van der Waals surface area contributed by atoms with Crippen LogP contribution in [-0.2, 0) is 4.79 Å². The highest BCUT2D eigenvalue weighted by Gasteiger charge is 2.48. The molecular formula is C11H16F2O. The number of hydrogen-bond acceptors (Lipinski definition) is 1. The number of alkyl halides is 2. The molecule has 3 heteroatoms. The molecule has 2 aliphatic carbocycles. The minimum Gasteiger partial charge on any atom is -0.303 e. The minimum absolute atomic E-state index is 0.00257. The average molecular weight is 202 g/mol. The lowest BCUT2D eigenvalue weighted by molar-refractivity contribution is -0.131. The van der Waals surface area contributed by atoms with Crippen molar-refractivity contribution in [2.45, 2.75) is 50.9 Å². The number of halogens is 2. The van der Waals surface area contributed by atoms with Crippen molar-refractivity contribution in [3.63, 3.8) is 0 Å². The van der Waals surface area contributed by atoms with Crippen LogP contribution in [0.4, 0.5) is 8.78 Å². The van der Waals surface area contributed by atoms with Gasteiger partial charge in [-0.1, -0.05) is 12.8 Å². The summed E-state index contributed by atoms with van der Waals surface area (Å²) in [6, 6.07) is 0. The van der Waals surface area contributed by atoms with Gasteiger partial charge in [0.2, 0.25) is 5.92 Å². The zero-order valence-corrected chi connectivity index (χ0v) is 8.27. The van der Waals surface area contributed by atoms with Crippen LogP contribution in [0.1, 0.15) is 44.9 Å². The van der Waals surface area contributed by atoms with E-state index in [2.05, 4.69) is 0 Å². The molecule has 0 heterocycles. The van der Waals surface area contributed by atoms with Gasteiger partial charge in [-0.05, 0) is 25.2 Å². The fraction of sp³-hybridized carbons (Fsp3) is 0.909. The topological polar surface area (TPSA) is 17.1 Å². The number of aldehydes is 1. The molecule has 2 rings (SSSR count). The first-order valence-electron chi connectivity index (χ1n) is 5.39. The van der Waals surface area contributed by atoms with Crippen LogP contribution in [0.2, 0.25) is 0 Å². The molecule has 2 aliphatic rings. The summed E-state index contributed by atoms with van der Waals surface area (Å²) >= 11 is 0. The summed E-state index contributed by atoms with van der Waals surface area (Å²) in [4.78, 5) is 11.0. The van der Waals surface area contributed by atoms with E-state index in [9.17, 15) is 13.6 Å². The highest BCUT2D eigenvalue weighted by Crippen LogP contribution is 2.50. The third-order valence-corrected chi connectivity index (χ3v) is 3.72. The van der Waals surface area contributed by atoms with E-state index >= 15 is 0 Å². The first-order chi connectivity index (χ1) is 6.55. The van der Waals surface area contributed by atoms with E-state index < -0.39 is 5.92 Å². The number of hydrogen-bond donors (Lipinski definition) is 0. The fourth-order valence-corrected chi connectivity index (χ4v) is 2.95. The summed E-state index contributed by atoms with van der Waals surface area (Å²) in [6.07, 6.45) is 5.73.